The van der Waals surface area contributed by atoms with Crippen molar-refractivity contribution in [1.82, 2.24) is 14.7 Å². The van der Waals surface area contributed by atoms with Gasteiger partial charge in [0.05, 0.1) is 7.11 Å². The number of piperazine rings is 1. The number of carbonyl (C=O) groups is 1. The fourth-order valence-electron chi connectivity index (χ4n) is 5.68. The lowest BCUT2D eigenvalue weighted by molar-refractivity contribution is -0.139. The number of nitrogens with zero attached hydrogens (tertiary/aromatic N) is 3. The van der Waals surface area contributed by atoms with Gasteiger partial charge in [-0.2, -0.15) is 0 Å². The number of benzene rings is 1. The maximum absolute atomic E-state index is 13.8. The Balaban J connectivity index is 1.37. The van der Waals surface area contributed by atoms with E-state index in [1.807, 2.05) is 24.3 Å². The average Bonchev–Trinajstić information content (AvgIpc) is 2.85. The molecule has 4 rings (SSSR count). The summed E-state index contributed by atoms with van der Waals surface area (Å²) in [6.07, 6.45) is 7.53. The maximum atomic E-state index is 13.8. The van der Waals surface area contributed by atoms with Crippen molar-refractivity contribution in [3.05, 3.63) is 24.3 Å². The van der Waals surface area contributed by atoms with Gasteiger partial charge in [0, 0.05) is 51.0 Å². The van der Waals surface area contributed by atoms with E-state index >= 15 is 0 Å². The van der Waals surface area contributed by atoms with E-state index < -0.39 is 5.54 Å². The van der Waals surface area contributed by atoms with Gasteiger partial charge in [0.25, 0.3) is 0 Å². The third kappa shape index (κ3) is 5.17. The number of likely N-dealkylation sites (tertiary alicyclic amines) is 1. The van der Waals surface area contributed by atoms with Crippen molar-refractivity contribution >= 4 is 11.6 Å². The molecule has 0 spiro atoms. The number of ether oxygens (including phenoxy) is 1. The van der Waals surface area contributed by atoms with E-state index in [9.17, 15) is 4.79 Å². The molecule has 2 heterocycles. The highest BCUT2D eigenvalue weighted by atomic mass is 16.5. The molecule has 6 nitrogen and oxygen atoms in total. The highest BCUT2D eigenvalue weighted by Gasteiger charge is 2.43. The van der Waals surface area contributed by atoms with Gasteiger partial charge in [0.15, 0.2) is 0 Å². The highest BCUT2D eigenvalue weighted by Crippen LogP contribution is 2.35. The average molecular weight is 429 g/mol. The van der Waals surface area contributed by atoms with Crippen LogP contribution in [-0.4, -0.2) is 85.1 Å². The highest BCUT2D eigenvalue weighted by molar-refractivity contribution is 5.89. The minimum absolute atomic E-state index is 0.317. The molecule has 1 amide bonds. The van der Waals surface area contributed by atoms with Crippen LogP contribution in [0, 0.1) is 0 Å². The van der Waals surface area contributed by atoms with Crippen molar-refractivity contribution in [3.8, 4) is 5.75 Å². The Bertz CT molecular complexity index is 701. The van der Waals surface area contributed by atoms with Gasteiger partial charge in [-0.1, -0.05) is 26.2 Å². The molecule has 2 saturated heterocycles. The molecule has 1 aromatic rings. The van der Waals surface area contributed by atoms with Gasteiger partial charge >= 0.3 is 0 Å². The van der Waals surface area contributed by atoms with Crippen LogP contribution in [0.15, 0.2) is 24.3 Å². The first-order chi connectivity index (χ1) is 15.1. The zero-order chi connectivity index (χ0) is 21.7. The number of likely N-dealkylation sites (N-methyl/N-ethyl adjacent to an activating group) is 1. The molecule has 2 aliphatic heterocycles. The SMILES string of the molecule is CCN1CCN(C2CCN(C(=O)C3(Nc4ccc(OC)cc4)CCCCC3)CC2)CC1. The molecule has 3 fully saturated rings. The molecule has 0 bridgehead atoms. The third-order valence-corrected chi connectivity index (χ3v) is 7.71. The van der Waals surface area contributed by atoms with E-state index in [0.717, 1.165) is 69.6 Å². The van der Waals surface area contributed by atoms with Crippen LogP contribution in [0.25, 0.3) is 0 Å². The predicted molar refractivity (Wildman–Crippen MR) is 126 cm³/mol. The molecule has 6 heteroatoms. The van der Waals surface area contributed by atoms with Gasteiger partial charge < -0.3 is 19.9 Å². The van der Waals surface area contributed by atoms with Gasteiger partial charge in [0.1, 0.15) is 11.3 Å². The maximum Gasteiger partial charge on any atom is 0.248 e. The van der Waals surface area contributed by atoms with E-state index in [4.69, 9.17) is 4.74 Å². The molecule has 0 radical (unpaired) electrons. The van der Waals surface area contributed by atoms with Crippen LogP contribution in [0.5, 0.6) is 5.75 Å². The van der Waals surface area contributed by atoms with Gasteiger partial charge in [-0.15, -0.1) is 0 Å². The second-order valence-electron chi connectivity index (χ2n) is 9.49. The Morgan fingerprint density at radius 1 is 1.00 bits per heavy atom. The Hall–Kier alpha value is -1.79. The van der Waals surface area contributed by atoms with Crippen molar-refractivity contribution in [2.24, 2.45) is 0 Å². The number of nitrogens with one attached hydrogen (secondary N) is 1. The lowest BCUT2D eigenvalue weighted by Crippen LogP contribution is -2.59. The molecule has 3 aliphatic rings. The molecule has 1 saturated carbocycles. The Labute approximate surface area is 187 Å². The van der Waals surface area contributed by atoms with Crippen LogP contribution in [0.1, 0.15) is 51.9 Å². The molecule has 1 aromatic carbocycles. The van der Waals surface area contributed by atoms with Crippen LogP contribution >= 0.6 is 0 Å². The quantitative estimate of drug-likeness (QED) is 0.752. The van der Waals surface area contributed by atoms with Crippen LogP contribution in [0.2, 0.25) is 0 Å². The lowest BCUT2D eigenvalue weighted by Gasteiger charge is -2.46. The standard InChI is InChI=1S/C25H40N4O2/c1-3-27-17-19-28(20-18-27)22-11-15-29(16-12-22)24(30)25(13-5-4-6-14-25)26-21-7-9-23(31-2)10-8-21/h7-10,22,26H,3-6,11-20H2,1-2H3. The van der Waals surface area contributed by atoms with Crippen molar-refractivity contribution < 1.29 is 9.53 Å². The van der Waals surface area contributed by atoms with Crippen LogP contribution < -0.4 is 10.1 Å². The summed E-state index contributed by atoms with van der Waals surface area (Å²) in [5.74, 6) is 1.16. The van der Waals surface area contributed by atoms with Crippen LogP contribution in [0.4, 0.5) is 5.69 Å². The fourth-order valence-corrected chi connectivity index (χ4v) is 5.68. The van der Waals surface area contributed by atoms with Crippen LogP contribution in [0.3, 0.4) is 0 Å². The molecule has 172 valence electrons. The number of hydrogen-bond acceptors (Lipinski definition) is 5. The van der Waals surface area contributed by atoms with Crippen molar-refractivity contribution in [1.29, 1.82) is 0 Å². The normalized spacial score (nSPS) is 23.5. The number of carbonyl (C=O) groups excluding carboxylic acids is 1. The molecule has 0 unspecified atom stereocenters. The summed E-state index contributed by atoms with van der Waals surface area (Å²) in [6.45, 7) is 9.91. The van der Waals surface area contributed by atoms with Gasteiger partial charge in [-0.05, 0) is 56.5 Å². The number of methoxy groups -OCH3 is 1. The molecule has 1 N–H and O–H groups in total. The van der Waals surface area contributed by atoms with Crippen molar-refractivity contribution in [2.75, 3.05) is 58.2 Å². The predicted octanol–water partition coefficient (Wildman–Crippen LogP) is 3.44. The Morgan fingerprint density at radius 2 is 1.65 bits per heavy atom. The number of anilines is 1. The topological polar surface area (TPSA) is 48.0 Å². The summed E-state index contributed by atoms with van der Waals surface area (Å²) in [5, 5.41) is 3.67. The Morgan fingerprint density at radius 3 is 2.23 bits per heavy atom. The summed E-state index contributed by atoms with van der Waals surface area (Å²) in [6, 6.07) is 8.63. The van der Waals surface area contributed by atoms with Gasteiger partial charge in [0.2, 0.25) is 5.91 Å². The third-order valence-electron chi connectivity index (χ3n) is 7.71. The summed E-state index contributed by atoms with van der Waals surface area (Å²) < 4.78 is 5.29. The number of piperidine rings is 1. The number of amides is 1. The zero-order valence-corrected chi connectivity index (χ0v) is 19.4. The largest absolute Gasteiger partial charge is 0.497 e. The fraction of sp³-hybridized carbons (Fsp3) is 0.720. The van der Waals surface area contributed by atoms with Gasteiger partial charge in [-0.25, -0.2) is 0 Å². The first-order valence-corrected chi connectivity index (χ1v) is 12.3. The summed E-state index contributed by atoms with van der Waals surface area (Å²) in [4.78, 5) is 21.1. The minimum atomic E-state index is -0.452. The molecule has 0 aromatic heterocycles. The van der Waals surface area contributed by atoms with E-state index in [1.54, 1.807) is 7.11 Å². The second-order valence-corrected chi connectivity index (χ2v) is 9.49. The Kier molecular flexibility index (Phi) is 7.39. The summed E-state index contributed by atoms with van der Waals surface area (Å²) in [7, 11) is 1.68. The monoisotopic (exact) mass is 428 g/mol. The molecule has 1 aliphatic carbocycles. The molecule has 0 atom stereocenters. The van der Waals surface area contributed by atoms with E-state index in [1.165, 1.54) is 32.6 Å². The number of rotatable bonds is 6. The second kappa shape index (κ2) is 10.2. The molecular formula is C25H40N4O2. The smallest absolute Gasteiger partial charge is 0.248 e. The molecule has 31 heavy (non-hydrogen) atoms. The first-order valence-electron chi connectivity index (χ1n) is 12.3. The van der Waals surface area contributed by atoms with Crippen molar-refractivity contribution in [2.45, 2.75) is 63.5 Å². The summed E-state index contributed by atoms with van der Waals surface area (Å²) in [5.41, 5.74) is 0.562. The summed E-state index contributed by atoms with van der Waals surface area (Å²) >= 11 is 0. The van der Waals surface area contributed by atoms with E-state index in [0.29, 0.717) is 11.9 Å². The first kappa shape index (κ1) is 22.4. The van der Waals surface area contributed by atoms with Gasteiger partial charge in [-0.3, -0.25) is 9.69 Å². The molecular weight excluding hydrogens is 388 g/mol. The minimum Gasteiger partial charge on any atom is -0.497 e. The van der Waals surface area contributed by atoms with Crippen molar-refractivity contribution in [3.63, 3.8) is 0 Å². The zero-order valence-electron chi connectivity index (χ0n) is 19.4. The van der Waals surface area contributed by atoms with E-state index in [2.05, 4.69) is 26.9 Å². The van der Waals surface area contributed by atoms with Crippen LogP contribution in [-0.2, 0) is 4.79 Å². The lowest BCUT2D eigenvalue weighted by atomic mass is 9.79. The number of hydrogen-bond donors (Lipinski definition) is 1. The van der Waals surface area contributed by atoms with E-state index in [-0.39, 0.29) is 0 Å².